The predicted molar refractivity (Wildman–Crippen MR) is 71.2 cm³/mol. The molecule has 5 heteroatoms. The molecular weight excluding hydrogens is 252 g/mol. The van der Waals surface area contributed by atoms with E-state index in [2.05, 4.69) is 4.90 Å². The van der Waals surface area contributed by atoms with Gasteiger partial charge >= 0.3 is 0 Å². The van der Waals surface area contributed by atoms with E-state index in [0.29, 0.717) is 24.5 Å². The lowest BCUT2D eigenvalue weighted by Gasteiger charge is -2.34. The van der Waals surface area contributed by atoms with Crippen LogP contribution in [0.2, 0.25) is 0 Å². The minimum Gasteiger partial charge on any atom is -0.507 e. The van der Waals surface area contributed by atoms with Gasteiger partial charge in [-0.3, -0.25) is 9.69 Å². The number of halogens is 1. The van der Waals surface area contributed by atoms with Crippen LogP contribution in [-0.2, 0) is 0 Å². The highest BCUT2D eigenvalue weighted by Gasteiger charge is 2.23. The number of nitrogens with zero attached hydrogens (tertiary/aromatic N) is 2. The molecule has 0 radical (unpaired) electrons. The third kappa shape index (κ3) is 2.94. The number of carbonyl (C=O) groups excluding carboxylic acids is 1. The van der Waals surface area contributed by atoms with Crippen molar-refractivity contribution in [3.05, 3.63) is 29.8 Å². The van der Waals surface area contributed by atoms with Crippen molar-refractivity contribution in [1.29, 1.82) is 0 Å². The Labute approximate surface area is 112 Å². The molecule has 0 saturated carbocycles. The number of hydrogen-bond donors (Lipinski definition) is 1. The minimum absolute atomic E-state index is 0.0469. The standard InChI is InChI=1S/C13H17ClN2O2/c14-5-6-15-7-9-16(10-8-15)13(18)11-3-1-2-4-12(11)17/h1-4,17H,5-10H2. The van der Waals surface area contributed by atoms with E-state index in [0.717, 1.165) is 19.6 Å². The Bertz CT molecular complexity index is 417. The zero-order valence-corrected chi connectivity index (χ0v) is 10.9. The van der Waals surface area contributed by atoms with Gasteiger partial charge in [-0.15, -0.1) is 11.6 Å². The van der Waals surface area contributed by atoms with Gasteiger partial charge in [0.1, 0.15) is 5.75 Å². The Kier molecular flexibility index (Phi) is 4.44. The zero-order chi connectivity index (χ0) is 13.0. The molecule has 1 aromatic rings. The monoisotopic (exact) mass is 268 g/mol. The van der Waals surface area contributed by atoms with Gasteiger partial charge in [0.25, 0.3) is 5.91 Å². The minimum atomic E-state index is -0.0985. The number of aromatic hydroxyl groups is 1. The second kappa shape index (κ2) is 6.07. The lowest BCUT2D eigenvalue weighted by molar-refractivity contribution is 0.0641. The molecule has 0 atom stereocenters. The quantitative estimate of drug-likeness (QED) is 0.843. The van der Waals surface area contributed by atoms with Crippen molar-refractivity contribution in [1.82, 2.24) is 9.80 Å². The van der Waals surface area contributed by atoms with Gasteiger partial charge in [0.15, 0.2) is 0 Å². The highest BCUT2D eigenvalue weighted by Crippen LogP contribution is 2.18. The summed E-state index contributed by atoms with van der Waals surface area (Å²) in [6.45, 7) is 3.91. The Morgan fingerprint density at radius 2 is 1.89 bits per heavy atom. The van der Waals surface area contributed by atoms with Gasteiger partial charge in [-0.05, 0) is 12.1 Å². The average molecular weight is 269 g/mol. The van der Waals surface area contributed by atoms with Crippen LogP contribution in [0.1, 0.15) is 10.4 Å². The van der Waals surface area contributed by atoms with E-state index in [1.165, 1.54) is 6.07 Å². The van der Waals surface area contributed by atoms with Crippen molar-refractivity contribution in [3.63, 3.8) is 0 Å². The molecule has 1 amide bonds. The SMILES string of the molecule is O=C(c1ccccc1O)N1CCN(CCCl)CC1. The number of rotatable bonds is 3. The van der Waals surface area contributed by atoms with E-state index in [1.807, 2.05) is 0 Å². The van der Waals surface area contributed by atoms with E-state index >= 15 is 0 Å². The number of phenols is 1. The summed E-state index contributed by atoms with van der Waals surface area (Å²) in [5.74, 6) is 0.567. The summed E-state index contributed by atoms with van der Waals surface area (Å²) in [5, 5.41) is 9.67. The Hall–Kier alpha value is -1.26. The molecule has 1 aromatic carbocycles. The van der Waals surface area contributed by atoms with Crippen LogP contribution < -0.4 is 0 Å². The van der Waals surface area contributed by atoms with Crippen molar-refractivity contribution in [2.45, 2.75) is 0 Å². The highest BCUT2D eigenvalue weighted by atomic mass is 35.5. The maximum atomic E-state index is 12.2. The molecule has 0 aromatic heterocycles. The second-order valence-electron chi connectivity index (χ2n) is 4.34. The van der Waals surface area contributed by atoms with Gasteiger partial charge in [0, 0.05) is 38.6 Å². The molecule has 4 nitrogen and oxygen atoms in total. The zero-order valence-electron chi connectivity index (χ0n) is 10.2. The van der Waals surface area contributed by atoms with Crippen molar-refractivity contribution in [3.8, 4) is 5.75 Å². The summed E-state index contributed by atoms with van der Waals surface area (Å²) in [5.41, 5.74) is 0.378. The van der Waals surface area contributed by atoms with Crippen molar-refractivity contribution in [2.24, 2.45) is 0 Å². The normalized spacial score (nSPS) is 16.8. The highest BCUT2D eigenvalue weighted by molar-refractivity contribution is 6.18. The molecule has 1 fully saturated rings. The Morgan fingerprint density at radius 3 is 2.50 bits per heavy atom. The van der Waals surface area contributed by atoms with E-state index in [1.54, 1.807) is 23.1 Å². The van der Waals surface area contributed by atoms with Crippen LogP contribution in [-0.4, -0.2) is 59.4 Å². The number of piperazine rings is 1. The molecule has 1 heterocycles. The van der Waals surface area contributed by atoms with Crippen LogP contribution in [0, 0.1) is 0 Å². The van der Waals surface area contributed by atoms with E-state index in [4.69, 9.17) is 11.6 Å². The molecule has 1 aliphatic rings. The van der Waals surface area contributed by atoms with E-state index in [-0.39, 0.29) is 11.7 Å². The summed E-state index contributed by atoms with van der Waals surface area (Å²) in [4.78, 5) is 16.2. The molecule has 1 N–H and O–H groups in total. The molecule has 18 heavy (non-hydrogen) atoms. The number of benzene rings is 1. The maximum absolute atomic E-state index is 12.2. The topological polar surface area (TPSA) is 43.8 Å². The van der Waals surface area contributed by atoms with Gasteiger partial charge < -0.3 is 10.0 Å². The number of alkyl halides is 1. The lowest BCUT2D eigenvalue weighted by Crippen LogP contribution is -2.49. The first-order valence-electron chi connectivity index (χ1n) is 6.08. The predicted octanol–water partition coefficient (Wildman–Crippen LogP) is 1.39. The van der Waals surface area contributed by atoms with Gasteiger partial charge in [0.2, 0.25) is 0 Å². The first kappa shape index (κ1) is 13.2. The van der Waals surface area contributed by atoms with E-state index < -0.39 is 0 Å². The van der Waals surface area contributed by atoms with Crippen LogP contribution in [0.25, 0.3) is 0 Å². The first-order chi connectivity index (χ1) is 8.72. The van der Waals surface area contributed by atoms with Crippen LogP contribution in [0.15, 0.2) is 24.3 Å². The molecule has 0 unspecified atom stereocenters. The number of para-hydroxylation sites is 1. The van der Waals surface area contributed by atoms with Gasteiger partial charge in [-0.1, -0.05) is 12.1 Å². The lowest BCUT2D eigenvalue weighted by atomic mass is 10.1. The van der Waals surface area contributed by atoms with Crippen LogP contribution in [0.4, 0.5) is 0 Å². The molecule has 0 spiro atoms. The van der Waals surface area contributed by atoms with Crippen molar-refractivity contribution < 1.29 is 9.90 Å². The third-order valence-corrected chi connectivity index (χ3v) is 3.36. The second-order valence-corrected chi connectivity index (χ2v) is 4.72. The molecule has 0 bridgehead atoms. The number of hydrogen-bond acceptors (Lipinski definition) is 3. The smallest absolute Gasteiger partial charge is 0.257 e. The number of carbonyl (C=O) groups is 1. The Balaban J connectivity index is 1.98. The molecule has 1 saturated heterocycles. The molecule has 1 aliphatic heterocycles. The summed E-state index contributed by atoms with van der Waals surface area (Å²) in [6.07, 6.45) is 0. The molecule has 0 aliphatic carbocycles. The van der Waals surface area contributed by atoms with Gasteiger partial charge in [-0.25, -0.2) is 0 Å². The van der Waals surface area contributed by atoms with Crippen LogP contribution >= 0.6 is 11.6 Å². The molecular formula is C13H17ClN2O2. The third-order valence-electron chi connectivity index (χ3n) is 3.19. The fourth-order valence-electron chi connectivity index (χ4n) is 2.12. The van der Waals surface area contributed by atoms with Gasteiger partial charge in [-0.2, -0.15) is 0 Å². The maximum Gasteiger partial charge on any atom is 0.257 e. The fourth-order valence-corrected chi connectivity index (χ4v) is 2.36. The fraction of sp³-hybridized carbons (Fsp3) is 0.462. The van der Waals surface area contributed by atoms with Crippen molar-refractivity contribution >= 4 is 17.5 Å². The summed E-state index contributed by atoms with van der Waals surface area (Å²) in [7, 11) is 0. The Morgan fingerprint density at radius 1 is 1.22 bits per heavy atom. The summed E-state index contributed by atoms with van der Waals surface area (Å²) in [6, 6.07) is 6.67. The first-order valence-corrected chi connectivity index (χ1v) is 6.61. The van der Waals surface area contributed by atoms with Crippen LogP contribution in [0.5, 0.6) is 5.75 Å². The number of phenolic OH excluding ortho intramolecular Hbond substituents is 1. The largest absolute Gasteiger partial charge is 0.507 e. The van der Waals surface area contributed by atoms with Gasteiger partial charge in [0.05, 0.1) is 5.56 Å². The molecule has 98 valence electrons. The average Bonchev–Trinajstić information content (AvgIpc) is 2.40. The number of amides is 1. The molecule has 2 rings (SSSR count). The van der Waals surface area contributed by atoms with E-state index in [9.17, 15) is 9.90 Å². The van der Waals surface area contributed by atoms with Crippen molar-refractivity contribution in [2.75, 3.05) is 38.6 Å². The summed E-state index contributed by atoms with van der Waals surface area (Å²) < 4.78 is 0. The summed E-state index contributed by atoms with van der Waals surface area (Å²) >= 11 is 5.70. The van der Waals surface area contributed by atoms with Crippen LogP contribution in [0.3, 0.4) is 0 Å².